The molecule has 2 aromatic rings. The fraction of sp³-hybridized carbons (Fsp3) is 0.562. The summed E-state index contributed by atoms with van der Waals surface area (Å²) in [6.45, 7) is 1.77. The zero-order valence-electron chi connectivity index (χ0n) is 12.9. The van der Waals surface area contributed by atoms with Crippen LogP contribution in [0.1, 0.15) is 24.2 Å². The third kappa shape index (κ3) is 3.50. The average molecular weight is 328 g/mol. The van der Waals surface area contributed by atoms with Gasteiger partial charge in [-0.15, -0.1) is 0 Å². The lowest BCUT2D eigenvalue weighted by molar-refractivity contribution is -0.137. The number of ether oxygens (including phenoxy) is 2. The van der Waals surface area contributed by atoms with Gasteiger partial charge in [-0.3, -0.25) is 0 Å². The average Bonchev–Trinajstić information content (AvgIpc) is 3.11. The van der Waals surface area contributed by atoms with Crippen LogP contribution in [-0.4, -0.2) is 36.0 Å². The Morgan fingerprint density at radius 1 is 1.39 bits per heavy atom. The van der Waals surface area contributed by atoms with Gasteiger partial charge in [0, 0.05) is 26.7 Å². The van der Waals surface area contributed by atoms with Crippen molar-refractivity contribution in [1.82, 2.24) is 9.55 Å². The van der Waals surface area contributed by atoms with Crippen molar-refractivity contribution < 1.29 is 22.6 Å². The summed E-state index contributed by atoms with van der Waals surface area (Å²) in [7, 11) is 1.60. The molecular formula is C16H19F3N2O2. The Morgan fingerprint density at radius 3 is 2.87 bits per heavy atom. The minimum atomic E-state index is -4.36. The topological polar surface area (TPSA) is 36.3 Å². The van der Waals surface area contributed by atoms with E-state index in [1.165, 1.54) is 6.07 Å². The standard InChI is InChI=1S/C16H19F3N2O2/c1-22-8-6-21-14-5-4-11(16(17,18)19)9-13(14)20-15(21)10-12-3-2-7-23-12/h4-5,9,12H,2-3,6-8,10H2,1H3. The lowest BCUT2D eigenvalue weighted by atomic mass is 10.2. The minimum Gasteiger partial charge on any atom is -0.383 e. The van der Waals surface area contributed by atoms with Crippen LogP contribution >= 0.6 is 0 Å². The number of imidazole rings is 1. The van der Waals surface area contributed by atoms with Gasteiger partial charge < -0.3 is 14.0 Å². The fourth-order valence-electron chi connectivity index (χ4n) is 2.95. The highest BCUT2D eigenvalue weighted by atomic mass is 19.4. The molecule has 1 unspecified atom stereocenters. The molecule has 1 aliphatic rings. The monoisotopic (exact) mass is 328 g/mol. The molecule has 3 rings (SSSR count). The zero-order valence-corrected chi connectivity index (χ0v) is 12.9. The summed E-state index contributed by atoms with van der Waals surface area (Å²) in [5.41, 5.74) is 0.386. The number of halogens is 3. The second kappa shape index (κ2) is 6.49. The molecule has 0 amide bonds. The molecule has 0 aliphatic carbocycles. The molecule has 0 bridgehead atoms. The summed E-state index contributed by atoms with van der Waals surface area (Å²) in [6.07, 6.45) is -1.68. The van der Waals surface area contributed by atoms with Crippen molar-refractivity contribution in [2.75, 3.05) is 20.3 Å². The Kier molecular flexibility index (Phi) is 4.59. The molecule has 1 saturated heterocycles. The van der Waals surface area contributed by atoms with Crippen LogP contribution in [0.15, 0.2) is 18.2 Å². The van der Waals surface area contributed by atoms with Crippen LogP contribution in [0.4, 0.5) is 13.2 Å². The minimum absolute atomic E-state index is 0.0928. The van der Waals surface area contributed by atoms with Crippen molar-refractivity contribution >= 4 is 11.0 Å². The van der Waals surface area contributed by atoms with Crippen molar-refractivity contribution in [2.45, 2.75) is 38.1 Å². The fourth-order valence-corrected chi connectivity index (χ4v) is 2.95. The predicted molar refractivity (Wildman–Crippen MR) is 79.3 cm³/mol. The van der Waals surface area contributed by atoms with Crippen LogP contribution in [0.3, 0.4) is 0 Å². The lowest BCUT2D eigenvalue weighted by Gasteiger charge is -2.12. The van der Waals surface area contributed by atoms with E-state index in [2.05, 4.69) is 4.98 Å². The number of fused-ring (bicyclic) bond motifs is 1. The predicted octanol–water partition coefficient (Wildman–Crippen LogP) is 3.42. The number of alkyl halides is 3. The molecule has 4 nitrogen and oxygen atoms in total. The van der Waals surface area contributed by atoms with Gasteiger partial charge in [0.05, 0.1) is 29.3 Å². The van der Waals surface area contributed by atoms with Crippen molar-refractivity contribution in [3.05, 3.63) is 29.6 Å². The van der Waals surface area contributed by atoms with Crippen LogP contribution in [0, 0.1) is 0 Å². The molecule has 7 heteroatoms. The smallest absolute Gasteiger partial charge is 0.383 e. The third-order valence-electron chi connectivity index (χ3n) is 4.11. The molecule has 23 heavy (non-hydrogen) atoms. The van der Waals surface area contributed by atoms with Gasteiger partial charge in [0.25, 0.3) is 0 Å². The molecule has 1 aromatic carbocycles. The van der Waals surface area contributed by atoms with E-state index in [1.807, 2.05) is 4.57 Å². The summed E-state index contributed by atoms with van der Waals surface area (Å²) in [5, 5.41) is 0. The molecule has 0 spiro atoms. The first kappa shape index (κ1) is 16.3. The van der Waals surface area contributed by atoms with Crippen LogP contribution in [-0.2, 0) is 28.6 Å². The van der Waals surface area contributed by atoms with Crippen LogP contribution in [0.5, 0.6) is 0 Å². The highest BCUT2D eigenvalue weighted by Gasteiger charge is 2.31. The van der Waals surface area contributed by atoms with Gasteiger partial charge in [0.15, 0.2) is 0 Å². The van der Waals surface area contributed by atoms with Gasteiger partial charge in [-0.05, 0) is 31.0 Å². The maximum atomic E-state index is 12.9. The number of benzene rings is 1. The lowest BCUT2D eigenvalue weighted by Crippen LogP contribution is -2.15. The van der Waals surface area contributed by atoms with Gasteiger partial charge in [-0.1, -0.05) is 0 Å². The first-order valence-electron chi connectivity index (χ1n) is 7.66. The molecule has 126 valence electrons. The van der Waals surface area contributed by atoms with Gasteiger partial charge in [0.1, 0.15) is 5.82 Å². The number of rotatable bonds is 5. The molecule has 1 aromatic heterocycles. The summed E-state index contributed by atoms with van der Waals surface area (Å²) >= 11 is 0. The van der Waals surface area contributed by atoms with E-state index < -0.39 is 11.7 Å². The Labute approximate surface area is 132 Å². The first-order valence-corrected chi connectivity index (χ1v) is 7.66. The molecule has 0 N–H and O–H groups in total. The Balaban J connectivity index is 1.98. The first-order chi connectivity index (χ1) is 11.0. The quantitative estimate of drug-likeness (QED) is 0.844. The van der Waals surface area contributed by atoms with Crippen molar-refractivity contribution in [3.8, 4) is 0 Å². The summed E-state index contributed by atoms with van der Waals surface area (Å²) < 4.78 is 51.3. The summed E-state index contributed by atoms with van der Waals surface area (Å²) in [4.78, 5) is 4.43. The molecule has 0 radical (unpaired) electrons. The van der Waals surface area contributed by atoms with Crippen molar-refractivity contribution in [3.63, 3.8) is 0 Å². The third-order valence-corrected chi connectivity index (χ3v) is 4.11. The van der Waals surface area contributed by atoms with Crippen molar-refractivity contribution in [2.24, 2.45) is 0 Å². The maximum Gasteiger partial charge on any atom is 0.416 e. The highest BCUT2D eigenvalue weighted by Crippen LogP contribution is 2.32. The Bertz CT molecular complexity index is 676. The zero-order chi connectivity index (χ0) is 16.4. The van der Waals surface area contributed by atoms with Crippen molar-refractivity contribution in [1.29, 1.82) is 0 Å². The number of nitrogens with zero attached hydrogens (tertiary/aromatic N) is 2. The van der Waals surface area contributed by atoms with E-state index in [0.717, 1.165) is 37.4 Å². The van der Waals surface area contributed by atoms with E-state index in [4.69, 9.17) is 9.47 Å². The molecule has 1 atom stereocenters. The van der Waals surface area contributed by atoms with E-state index in [0.29, 0.717) is 30.6 Å². The van der Waals surface area contributed by atoms with Gasteiger partial charge in [0.2, 0.25) is 0 Å². The second-order valence-corrected chi connectivity index (χ2v) is 5.71. The van der Waals surface area contributed by atoms with Crippen LogP contribution < -0.4 is 0 Å². The van der Waals surface area contributed by atoms with Crippen LogP contribution in [0.25, 0.3) is 11.0 Å². The van der Waals surface area contributed by atoms with Gasteiger partial charge >= 0.3 is 6.18 Å². The normalized spacial score (nSPS) is 18.9. The highest BCUT2D eigenvalue weighted by molar-refractivity contribution is 5.77. The second-order valence-electron chi connectivity index (χ2n) is 5.71. The number of methoxy groups -OCH3 is 1. The summed E-state index contributed by atoms with van der Waals surface area (Å²) in [6, 6.07) is 3.70. The number of aromatic nitrogens is 2. The Hall–Kier alpha value is -1.60. The largest absolute Gasteiger partial charge is 0.416 e. The Morgan fingerprint density at radius 2 is 2.22 bits per heavy atom. The van der Waals surface area contributed by atoms with Gasteiger partial charge in [-0.2, -0.15) is 13.2 Å². The van der Waals surface area contributed by atoms with E-state index in [1.54, 1.807) is 7.11 Å². The number of hydrogen-bond donors (Lipinski definition) is 0. The molecule has 0 saturated carbocycles. The molecule has 2 heterocycles. The van der Waals surface area contributed by atoms with Gasteiger partial charge in [-0.25, -0.2) is 4.98 Å². The molecular weight excluding hydrogens is 309 g/mol. The molecule has 1 fully saturated rings. The SMILES string of the molecule is COCCn1c(CC2CCCO2)nc2cc(C(F)(F)F)ccc21. The molecule has 1 aliphatic heterocycles. The summed E-state index contributed by atoms with van der Waals surface area (Å²) in [5.74, 6) is 0.753. The van der Waals surface area contributed by atoms with Crippen LogP contribution in [0.2, 0.25) is 0 Å². The van der Waals surface area contributed by atoms with E-state index >= 15 is 0 Å². The van der Waals surface area contributed by atoms with E-state index in [-0.39, 0.29) is 6.10 Å². The van der Waals surface area contributed by atoms with E-state index in [9.17, 15) is 13.2 Å². The number of hydrogen-bond acceptors (Lipinski definition) is 3. The maximum absolute atomic E-state index is 12.9.